The number of unbranched alkanes of at least 4 members (excludes halogenated alkanes) is 16. The van der Waals surface area contributed by atoms with Crippen molar-refractivity contribution in [2.45, 2.75) is 129 Å². The molecular formula is C28H49NO3. The lowest BCUT2D eigenvalue weighted by Crippen LogP contribution is -2.25. The first kappa shape index (κ1) is 28.3. The number of hydrogen-bond donors (Lipinski definition) is 3. The van der Waals surface area contributed by atoms with Gasteiger partial charge in [0.2, 0.25) is 5.91 Å². The van der Waals surface area contributed by atoms with Crippen molar-refractivity contribution in [1.82, 2.24) is 5.32 Å². The number of phenolic OH excluding ortho intramolecular Hbond substituents is 2. The van der Waals surface area contributed by atoms with Crippen LogP contribution in [0.4, 0.5) is 0 Å². The molecule has 0 saturated carbocycles. The maximum absolute atomic E-state index is 11.9. The minimum absolute atomic E-state index is 0.106. The van der Waals surface area contributed by atoms with Crippen LogP contribution in [-0.4, -0.2) is 22.7 Å². The lowest BCUT2D eigenvalue weighted by Gasteiger charge is -2.07. The quantitative estimate of drug-likeness (QED) is 0.133. The van der Waals surface area contributed by atoms with Gasteiger partial charge in [-0.15, -0.1) is 0 Å². The van der Waals surface area contributed by atoms with E-state index in [2.05, 4.69) is 12.2 Å². The van der Waals surface area contributed by atoms with Gasteiger partial charge in [0.05, 0.1) is 0 Å². The van der Waals surface area contributed by atoms with Crippen LogP contribution in [0.15, 0.2) is 18.2 Å². The maximum atomic E-state index is 11.9. The molecule has 1 aromatic carbocycles. The van der Waals surface area contributed by atoms with Crippen LogP contribution < -0.4 is 5.32 Å². The molecule has 0 spiro atoms. The average Bonchev–Trinajstić information content (AvgIpc) is 2.78. The van der Waals surface area contributed by atoms with Crippen molar-refractivity contribution in [3.8, 4) is 11.5 Å². The van der Waals surface area contributed by atoms with Gasteiger partial charge in [-0.3, -0.25) is 4.79 Å². The van der Waals surface area contributed by atoms with E-state index in [1.165, 1.54) is 108 Å². The summed E-state index contributed by atoms with van der Waals surface area (Å²) in [6, 6.07) is 4.78. The molecule has 0 saturated heterocycles. The highest BCUT2D eigenvalue weighted by molar-refractivity contribution is 5.75. The van der Waals surface area contributed by atoms with Crippen LogP contribution in [0.3, 0.4) is 0 Å². The summed E-state index contributed by atoms with van der Waals surface area (Å²) < 4.78 is 0. The van der Waals surface area contributed by atoms with Gasteiger partial charge in [-0.1, -0.05) is 116 Å². The number of amides is 1. The van der Waals surface area contributed by atoms with Crippen molar-refractivity contribution in [1.29, 1.82) is 0 Å². The first-order valence-electron chi connectivity index (χ1n) is 13.4. The molecule has 0 heterocycles. The molecule has 0 aliphatic rings. The molecule has 4 nitrogen and oxygen atoms in total. The Morgan fingerprint density at radius 1 is 0.688 bits per heavy atom. The van der Waals surface area contributed by atoms with Crippen LogP contribution in [0.25, 0.3) is 0 Å². The predicted molar refractivity (Wildman–Crippen MR) is 135 cm³/mol. The molecule has 0 unspecified atom stereocenters. The van der Waals surface area contributed by atoms with Gasteiger partial charge in [0, 0.05) is 13.0 Å². The number of rotatable bonds is 21. The molecule has 1 aromatic rings. The van der Waals surface area contributed by atoms with Crippen LogP contribution in [0.1, 0.15) is 128 Å². The Kier molecular flexibility index (Phi) is 17.6. The number of carbonyl (C=O) groups is 1. The van der Waals surface area contributed by atoms with Gasteiger partial charge in [0.25, 0.3) is 0 Å². The Hall–Kier alpha value is -1.71. The molecule has 0 atom stereocenters. The lowest BCUT2D eigenvalue weighted by molar-refractivity contribution is -0.121. The molecule has 1 rings (SSSR count). The summed E-state index contributed by atoms with van der Waals surface area (Å²) in [6.07, 6.45) is 24.1. The molecule has 0 aliphatic carbocycles. The van der Waals surface area contributed by atoms with E-state index in [0.717, 1.165) is 18.4 Å². The summed E-state index contributed by atoms with van der Waals surface area (Å²) in [5, 5.41) is 21.7. The topological polar surface area (TPSA) is 69.6 Å². The first-order valence-corrected chi connectivity index (χ1v) is 13.4. The van der Waals surface area contributed by atoms with Crippen LogP contribution >= 0.6 is 0 Å². The van der Waals surface area contributed by atoms with Gasteiger partial charge in [0.15, 0.2) is 11.5 Å². The summed E-state index contributed by atoms with van der Waals surface area (Å²) >= 11 is 0. The van der Waals surface area contributed by atoms with Gasteiger partial charge in [-0.2, -0.15) is 0 Å². The van der Waals surface area contributed by atoms with Gasteiger partial charge < -0.3 is 15.5 Å². The molecule has 3 N–H and O–H groups in total. The number of hydrogen-bond acceptors (Lipinski definition) is 3. The van der Waals surface area contributed by atoms with Crippen molar-refractivity contribution in [2.24, 2.45) is 0 Å². The fraction of sp³-hybridized carbons (Fsp3) is 0.750. The van der Waals surface area contributed by atoms with Crippen LogP contribution in [0.2, 0.25) is 0 Å². The molecule has 0 fully saturated rings. The smallest absolute Gasteiger partial charge is 0.220 e. The molecule has 0 bridgehead atoms. The minimum atomic E-state index is -0.114. The van der Waals surface area contributed by atoms with Gasteiger partial charge in [0.1, 0.15) is 0 Å². The van der Waals surface area contributed by atoms with Crippen molar-refractivity contribution >= 4 is 5.91 Å². The van der Waals surface area contributed by atoms with E-state index in [1.54, 1.807) is 6.07 Å². The predicted octanol–water partition coefficient (Wildman–Crippen LogP) is 7.80. The molecular weight excluding hydrogens is 398 g/mol. The highest BCUT2D eigenvalue weighted by Gasteiger charge is 2.03. The zero-order valence-corrected chi connectivity index (χ0v) is 20.7. The third-order valence-corrected chi connectivity index (χ3v) is 6.28. The third kappa shape index (κ3) is 16.0. The van der Waals surface area contributed by atoms with E-state index in [1.807, 2.05) is 0 Å². The van der Waals surface area contributed by atoms with Crippen LogP contribution in [0, 0.1) is 0 Å². The summed E-state index contributed by atoms with van der Waals surface area (Å²) in [7, 11) is 0. The Bertz CT molecular complexity index is 588. The summed E-state index contributed by atoms with van der Waals surface area (Å²) in [5.74, 6) is -0.122. The Morgan fingerprint density at radius 3 is 1.62 bits per heavy atom. The fourth-order valence-corrected chi connectivity index (χ4v) is 4.17. The second-order valence-corrected chi connectivity index (χ2v) is 9.33. The van der Waals surface area contributed by atoms with Crippen molar-refractivity contribution in [2.75, 3.05) is 6.54 Å². The van der Waals surface area contributed by atoms with E-state index in [-0.39, 0.29) is 17.4 Å². The molecule has 184 valence electrons. The summed E-state index contributed by atoms with van der Waals surface area (Å²) in [4.78, 5) is 11.9. The van der Waals surface area contributed by atoms with Gasteiger partial charge >= 0.3 is 0 Å². The standard InChI is InChI=1S/C28H49NO3/c1-2-3-4-5-6-7-8-9-10-11-12-13-14-15-16-17-18-19-28(32)29-23-22-25-20-21-26(30)27(31)24-25/h20-21,24,30-31H,2-19,22-23H2,1H3,(H,29,32). The Labute approximate surface area is 197 Å². The van der Waals surface area contributed by atoms with E-state index >= 15 is 0 Å². The third-order valence-electron chi connectivity index (χ3n) is 6.28. The minimum Gasteiger partial charge on any atom is -0.504 e. The van der Waals surface area contributed by atoms with Crippen molar-refractivity contribution < 1.29 is 15.0 Å². The largest absolute Gasteiger partial charge is 0.504 e. The first-order chi connectivity index (χ1) is 15.6. The van der Waals surface area contributed by atoms with Crippen molar-refractivity contribution in [3.63, 3.8) is 0 Å². The molecule has 0 radical (unpaired) electrons. The lowest BCUT2D eigenvalue weighted by atomic mass is 10.0. The molecule has 0 aromatic heterocycles. The van der Waals surface area contributed by atoms with Crippen LogP contribution in [-0.2, 0) is 11.2 Å². The molecule has 4 heteroatoms. The summed E-state index contributed by atoms with van der Waals surface area (Å²) in [5.41, 5.74) is 0.901. The molecule has 1 amide bonds. The second-order valence-electron chi connectivity index (χ2n) is 9.33. The van der Waals surface area contributed by atoms with E-state index in [9.17, 15) is 15.0 Å². The SMILES string of the molecule is CCCCCCCCCCCCCCCCCCCC(=O)NCCc1ccc(O)c(O)c1. The molecule has 0 aliphatic heterocycles. The number of phenols is 2. The normalized spacial score (nSPS) is 11.0. The maximum Gasteiger partial charge on any atom is 0.220 e. The van der Waals surface area contributed by atoms with Gasteiger partial charge in [-0.05, 0) is 30.5 Å². The summed E-state index contributed by atoms with van der Waals surface area (Å²) in [6.45, 7) is 2.84. The van der Waals surface area contributed by atoms with Gasteiger partial charge in [-0.25, -0.2) is 0 Å². The van der Waals surface area contributed by atoms with Crippen LogP contribution in [0.5, 0.6) is 11.5 Å². The highest BCUT2D eigenvalue weighted by atomic mass is 16.3. The number of benzene rings is 1. The zero-order valence-electron chi connectivity index (χ0n) is 20.7. The Morgan fingerprint density at radius 2 is 1.16 bits per heavy atom. The second kappa shape index (κ2) is 19.9. The fourth-order valence-electron chi connectivity index (χ4n) is 4.17. The highest BCUT2D eigenvalue weighted by Crippen LogP contribution is 2.24. The van der Waals surface area contributed by atoms with E-state index in [4.69, 9.17) is 0 Å². The van der Waals surface area contributed by atoms with E-state index in [0.29, 0.717) is 19.4 Å². The average molecular weight is 448 g/mol. The number of nitrogens with one attached hydrogen (secondary N) is 1. The monoisotopic (exact) mass is 447 g/mol. The zero-order chi connectivity index (χ0) is 23.3. The number of aromatic hydroxyl groups is 2. The Balaban J connectivity index is 1.80. The molecule has 32 heavy (non-hydrogen) atoms. The number of carbonyl (C=O) groups excluding carboxylic acids is 1. The van der Waals surface area contributed by atoms with Crippen molar-refractivity contribution in [3.05, 3.63) is 23.8 Å². The van der Waals surface area contributed by atoms with E-state index < -0.39 is 0 Å².